The number of nitrogens with zero attached hydrogens (tertiary/aromatic N) is 1. The molecule has 2 unspecified atom stereocenters. The lowest BCUT2D eigenvalue weighted by Gasteiger charge is -2.49. The Hall–Kier alpha value is -0.120. The van der Waals surface area contributed by atoms with Crippen molar-refractivity contribution in [1.82, 2.24) is 4.90 Å². The molecular formula is C13H28N2O. The molecule has 0 spiro atoms. The fraction of sp³-hybridized carbons (Fsp3) is 1.00. The van der Waals surface area contributed by atoms with E-state index in [1.54, 1.807) is 7.11 Å². The minimum absolute atomic E-state index is 0.0312. The highest BCUT2D eigenvalue weighted by Crippen LogP contribution is 2.29. The Balaban J connectivity index is 2.81. The number of hydrogen-bond donors (Lipinski definition) is 1. The lowest BCUT2D eigenvalue weighted by Crippen LogP contribution is -2.62. The van der Waals surface area contributed by atoms with Crippen LogP contribution in [0.1, 0.15) is 33.6 Å². The number of ether oxygens (including phenoxy) is 1. The van der Waals surface area contributed by atoms with Crippen LogP contribution in [0.2, 0.25) is 0 Å². The molecule has 0 radical (unpaired) electrons. The predicted octanol–water partition coefficient (Wildman–Crippen LogP) is 1.72. The summed E-state index contributed by atoms with van der Waals surface area (Å²) >= 11 is 0. The Morgan fingerprint density at radius 2 is 2.19 bits per heavy atom. The van der Waals surface area contributed by atoms with Gasteiger partial charge in [0, 0.05) is 20.2 Å². The van der Waals surface area contributed by atoms with Crippen LogP contribution < -0.4 is 5.73 Å². The average Bonchev–Trinajstić information content (AvgIpc) is 2.25. The summed E-state index contributed by atoms with van der Waals surface area (Å²) in [6.07, 6.45) is 2.64. The fourth-order valence-electron chi connectivity index (χ4n) is 2.89. The smallest absolute Gasteiger partial charge is 0.0661 e. The SMILES string of the molecule is COCC(CN)(C(C)C)N1CCCC(C)C1. The summed E-state index contributed by atoms with van der Waals surface area (Å²) < 4.78 is 5.43. The van der Waals surface area contributed by atoms with Gasteiger partial charge in [-0.05, 0) is 31.2 Å². The summed E-state index contributed by atoms with van der Waals surface area (Å²) in [6.45, 7) is 10.6. The molecule has 1 rings (SSSR count). The van der Waals surface area contributed by atoms with E-state index < -0.39 is 0 Å². The Morgan fingerprint density at radius 1 is 1.50 bits per heavy atom. The van der Waals surface area contributed by atoms with Gasteiger partial charge < -0.3 is 10.5 Å². The van der Waals surface area contributed by atoms with Gasteiger partial charge in [0.05, 0.1) is 12.1 Å². The molecule has 96 valence electrons. The zero-order valence-electron chi connectivity index (χ0n) is 11.3. The first-order chi connectivity index (χ1) is 7.56. The van der Waals surface area contributed by atoms with Gasteiger partial charge >= 0.3 is 0 Å². The van der Waals surface area contributed by atoms with Crippen LogP contribution >= 0.6 is 0 Å². The van der Waals surface area contributed by atoms with Crippen LogP contribution in [-0.2, 0) is 4.74 Å². The maximum absolute atomic E-state index is 6.05. The molecule has 2 atom stereocenters. The molecule has 2 N–H and O–H groups in total. The van der Waals surface area contributed by atoms with Crippen LogP contribution in [0.25, 0.3) is 0 Å². The summed E-state index contributed by atoms with van der Waals surface area (Å²) in [6, 6.07) is 0. The standard InChI is InChI=1S/C13H28N2O/c1-11(2)13(9-14,10-16-4)15-7-5-6-12(3)8-15/h11-12H,5-10,14H2,1-4H3. The lowest BCUT2D eigenvalue weighted by atomic mass is 9.82. The fourth-order valence-corrected chi connectivity index (χ4v) is 2.89. The van der Waals surface area contributed by atoms with Gasteiger partial charge in [-0.3, -0.25) is 4.90 Å². The van der Waals surface area contributed by atoms with Crippen molar-refractivity contribution in [2.45, 2.75) is 39.2 Å². The molecule has 1 heterocycles. The van der Waals surface area contributed by atoms with Crippen LogP contribution in [-0.4, -0.2) is 43.8 Å². The van der Waals surface area contributed by atoms with Gasteiger partial charge in [-0.1, -0.05) is 20.8 Å². The number of likely N-dealkylation sites (tertiary alicyclic amines) is 1. The third kappa shape index (κ3) is 2.76. The number of nitrogens with two attached hydrogens (primary N) is 1. The lowest BCUT2D eigenvalue weighted by molar-refractivity contribution is -0.0354. The predicted molar refractivity (Wildman–Crippen MR) is 68.5 cm³/mol. The van der Waals surface area contributed by atoms with Gasteiger partial charge in [0.2, 0.25) is 0 Å². The zero-order chi connectivity index (χ0) is 12.2. The molecular weight excluding hydrogens is 200 g/mol. The zero-order valence-corrected chi connectivity index (χ0v) is 11.3. The van der Waals surface area contributed by atoms with E-state index in [1.807, 2.05) is 0 Å². The number of rotatable bonds is 5. The van der Waals surface area contributed by atoms with E-state index in [-0.39, 0.29) is 5.54 Å². The quantitative estimate of drug-likeness (QED) is 0.778. The largest absolute Gasteiger partial charge is 0.383 e. The average molecular weight is 228 g/mol. The first kappa shape index (κ1) is 13.9. The Labute approximate surface area is 100 Å². The molecule has 3 nitrogen and oxygen atoms in total. The Bertz CT molecular complexity index is 208. The van der Waals surface area contributed by atoms with Gasteiger partial charge in [0.1, 0.15) is 0 Å². The molecule has 0 aliphatic carbocycles. The number of hydrogen-bond acceptors (Lipinski definition) is 3. The first-order valence-corrected chi connectivity index (χ1v) is 6.51. The highest BCUT2D eigenvalue weighted by molar-refractivity contribution is 4.96. The van der Waals surface area contributed by atoms with Crippen molar-refractivity contribution in [3.05, 3.63) is 0 Å². The number of methoxy groups -OCH3 is 1. The second kappa shape index (κ2) is 5.99. The van der Waals surface area contributed by atoms with E-state index in [2.05, 4.69) is 25.7 Å². The first-order valence-electron chi connectivity index (χ1n) is 6.51. The second-order valence-corrected chi connectivity index (χ2v) is 5.59. The molecule has 1 saturated heterocycles. The molecule has 1 aliphatic rings. The van der Waals surface area contributed by atoms with E-state index in [9.17, 15) is 0 Å². The number of piperidine rings is 1. The monoisotopic (exact) mass is 228 g/mol. The highest BCUT2D eigenvalue weighted by atomic mass is 16.5. The Morgan fingerprint density at radius 3 is 2.62 bits per heavy atom. The summed E-state index contributed by atoms with van der Waals surface area (Å²) in [5.74, 6) is 1.32. The van der Waals surface area contributed by atoms with Gasteiger partial charge in [0.15, 0.2) is 0 Å². The van der Waals surface area contributed by atoms with E-state index in [4.69, 9.17) is 10.5 Å². The molecule has 0 aromatic heterocycles. The van der Waals surface area contributed by atoms with Crippen LogP contribution in [0, 0.1) is 11.8 Å². The van der Waals surface area contributed by atoms with Crippen LogP contribution in [0.15, 0.2) is 0 Å². The van der Waals surface area contributed by atoms with Crippen LogP contribution in [0.3, 0.4) is 0 Å². The van der Waals surface area contributed by atoms with Crippen molar-refractivity contribution >= 4 is 0 Å². The molecule has 0 bridgehead atoms. The molecule has 0 aromatic rings. The summed E-state index contributed by atoms with van der Waals surface area (Å²) in [5.41, 5.74) is 6.08. The van der Waals surface area contributed by atoms with Crippen molar-refractivity contribution in [3.63, 3.8) is 0 Å². The van der Waals surface area contributed by atoms with Gasteiger partial charge in [-0.25, -0.2) is 0 Å². The summed E-state index contributed by atoms with van der Waals surface area (Å²) in [4.78, 5) is 2.56. The maximum Gasteiger partial charge on any atom is 0.0661 e. The third-order valence-corrected chi connectivity index (χ3v) is 4.11. The van der Waals surface area contributed by atoms with Crippen LogP contribution in [0.5, 0.6) is 0 Å². The highest BCUT2D eigenvalue weighted by Gasteiger charge is 2.40. The van der Waals surface area contributed by atoms with Gasteiger partial charge in [-0.2, -0.15) is 0 Å². The maximum atomic E-state index is 6.05. The topological polar surface area (TPSA) is 38.5 Å². The molecule has 1 aliphatic heterocycles. The summed E-state index contributed by atoms with van der Waals surface area (Å²) in [7, 11) is 1.78. The van der Waals surface area contributed by atoms with Crippen LogP contribution in [0.4, 0.5) is 0 Å². The van der Waals surface area contributed by atoms with Gasteiger partial charge in [-0.15, -0.1) is 0 Å². The Kier molecular flexibility index (Phi) is 5.22. The molecule has 1 fully saturated rings. The molecule has 0 amide bonds. The van der Waals surface area contributed by atoms with Crippen molar-refractivity contribution in [1.29, 1.82) is 0 Å². The normalized spacial score (nSPS) is 27.0. The summed E-state index contributed by atoms with van der Waals surface area (Å²) in [5, 5.41) is 0. The van der Waals surface area contributed by atoms with Crippen molar-refractivity contribution in [3.8, 4) is 0 Å². The van der Waals surface area contributed by atoms with E-state index in [0.717, 1.165) is 12.5 Å². The minimum atomic E-state index is 0.0312. The van der Waals surface area contributed by atoms with Crippen molar-refractivity contribution < 1.29 is 4.74 Å². The molecule has 16 heavy (non-hydrogen) atoms. The minimum Gasteiger partial charge on any atom is -0.383 e. The van der Waals surface area contributed by atoms with Crippen molar-refractivity contribution in [2.24, 2.45) is 17.6 Å². The molecule has 0 aromatic carbocycles. The molecule has 0 saturated carbocycles. The third-order valence-electron chi connectivity index (χ3n) is 4.11. The van der Waals surface area contributed by atoms with E-state index >= 15 is 0 Å². The molecule has 3 heteroatoms. The van der Waals surface area contributed by atoms with Crippen molar-refractivity contribution in [2.75, 3.05) is 33.4 Å². The van der Waals surface area contributed by atoms with E-state index in [1.165, 1.54) is 25.9 Å². The van der Waals surface area contributed by atoms with Gasteiger partial charge in [0.25, 0.3) is 0 Å². The van der Waals surface area contributed by atoms with E-state index in [0.29, 0.717) is 12.5 Å². The second-order valence-electron chi connectivity index (χ2n) is 5.59.